The summed E-state index contributed by atoms with van der Waals surface area (Å²) < 4.78 is 0. The van der Waals surface area contributed by atoms with Crippen molar-refractivity contribution in [2.45, 2.75) is 31.3 Å². The van der Waals surface area contributed by atoms with Crippen molar-refractivity contribution in [2.24, 2.45) is 11.5 Å². The van der Waals surface area contributed by atoms with Crippen LogP contribution in [0.15, 0.2) is 0 Å². The summed E-state index contributed by atoms with van der Waals surface area (Å²) in [5.41, 5.74) is 11.3. The Morgan fingerprint density at radius 3 is 2.21 bits per heavy atom. The van der Waals surface area contributed by atoms with Gasteiger partial charge in [0.2, 0.25) is 11.8 Å². The Hall–Kier alpha value is -2.20. The van der Waals surface area contributed by atoms with Gasteiger partial charge in [0.1, 0.15) is 12.1 Å². The Morgan fingerprint density at radius 2 is 1.79 bits per heavy atom. The van der Waals surface area contributed by atoms with Crippen molar-refractivity contribution in [1.82, 2.24) is 10.8 Å². The highest BCUT2D eigenvalue weighted by molar-refractivity contribution is 5.89. The van der Waals surface area contributed by atoms with E-state index in [1.54, 1.807) is 0 Å². The number of rotatable bonds is 8. The fourth-order valence-electron chi connectivity index (χ4n) is 1.17. The molecule has 1 unspecified atom stereocenters. The lowest BCUT2D eigenvalue weighted by atomic mass is 10.1. The highest BCUT2D eigenvalue weighted by atomic mass is 16.5. The van der Waals surface area contributed by atoms with Crippen LogP contribution in [0.25, 0.3) is 0 Å². The van der Waals surface area contributed by atoms with E-state index in [0.29, 0.717) is 0 Å². The van der Waals surface area contributed by atoms with E-state index in [2.05, 4.69) is 5.32 Å². The van der Waals surface area contributed by atoms with Crippen molar-refractivity contribution >= 4 is 23.7 Å². The maximum Gasteiger partial charge on any atom is 0.321 e. The average molecular weight is 276 g/mol. The molecule has 0 fully saturated rings. The van der Waals surface area contributed by atoms with Crippen LogP contribution in [0, 0.1) is 0 Å². The van der Waals surface area contributed by atoms with E-state index in [4.69, 9.17) is 21.8 Å². The molecule has 0 radical (unpaired) electrons. The summed E-state index contributed by atoms with van der Waals surface area (Å²) in [7, 11) is 0. The van der Waals surface area contributed by atoms with Crippen molar-refractivity contribution in [3.05, 3.63) is 0 Å². The van der Waals surface area contributed by atoms with E-state index in [-0.39, 0.29) is 12.8 Å². The lowest BCUT2D eigenvalue weighted by Crippen LogP contribution is -2.48. The topological polar surface area (TPSA) is 185 Å². The molecule has 0 heterocycles. The molecule has 0 saturated heterocycles. The quantitative estimate of drug-likeness (QED) is 0.202. The first-order chi connectivity index (χ1) is 8.77. The van der Waals surface area contributed by atoms with Crippen LogP contribution >= 0.6 is 0 Å². The molecule has 0 aromatic carbocycles. The monoisotopic (exact) mass is 276 g/mol. The molecule has 3 amide bonds. The van der Waals surface area contributed by atoms with Gasteiger partial charge < -0.3 is 21.9 Å². The number of carboxylic acid groups (broad SMARTS) is 1. The molecule has 0 aromatic rings. The number of hydroxylamine groups is 1. The lowest BCUT2D eigenvalue weighted by molar-refractivity contribution is -0.141. The van der Waals surface area contributed by atoms with Crippen LogP contribution in [-0.4, -0.2) is 46.1 Å². The van der Waals surface area contributed by atoms with Gasteiger partial charge in [-0.15, -0.1) is 0 Å². The van der Waals surface area contributed by atoms with E-state index < -0.39 is 42.2 Å². The zero-order chi connectivity index (χ0) is 15.0. The predicted octanol–water partition coefficient (Wildman–Crippen LogP) is -2.96. The summed E-state index contributed by atoms with van der Waals surface area (Å²) in [6.07, 6.45) is -0.861. The molecular formula is C9H16N4O6. The number of amides is 3. The van der Waals surface area contributed by atoms with E-state index in [9.17, 15) is 19.2 Å². The molecule has 0 aromatic heterocycles. The van der Waals surface area contributed by atoms with Gasteiger partial charge in [0.15, 0.2) is 0 Å². The smallest absolute Gasteiger partial charge is 0.321 e. The predicted molar refractivity (Wildman–Crippen MR) is 60.5 cm³/mol. The maximum atomic E-state index is 11.4. The molecule has 0 bridgehead atoms. The third kappa shape index (κ3) is 6.95. The number of hydrogen-bond acceptors (Lipinski definition) is 6. The number of carbonyl (C=O) groups excluding carboxylic acids is 3. The number of hydrogen-bond donors (Lipinski definition) is 6. The van der Waals surface area contributed by atoms with Crippen molar-refractivity contribution < 1.29 is 29.5 Å². The van der Waals surface area contributed by atoms with Gasteiger partial charge in [0.05, 0.1) is 6.42 Å². The maximum absolute atomic E-state index is 11.4. The van der Waals surface area contributed by atoms with E-state index in [1.807, 2.05) is 0 Å². The second-order valence-electron chi connectivity index (χ2n) is 3.75. The largest absolute Gasteiger partial charge is 0.480 e. The summed E-state index contributed by atoms with van der Waals surface area (Å²) in [4.78, 5) is 43.6. The molecule has 10 heteroatoms. The Labute approximate surface area is 108 Å². The van der Waals surface area contributed by atoms with Crippen LogP contribution in [0.4, 0.5) is 0 Å². The van der Waals surface area contributed by atoms with Crippen molar-refractivity contribution in [3.63, 3.8) is 0 Å². The molecule has 0 rings (SSSR count). The van der Waals surface area contributed by atoms with Gasteiger partial charge in [-0.25, -0.2) is 5.48 Å². The third-order valence-electron chi connectivity index (χ3n) is 2.16. The fraction of sp³-hybridized carbons (Fsp3) is 0.556. The normalized spacial score (nSPS) is 13.2. The number of nitrogens with one attached hydrogen (secondary N) is 2. The molecule has 10 nitrogen and oxygen atoms in total. The zero-order valence-electron chi connectivity index (χ0n) is 9.96. The Bertz CT molecular complexity index is 372. The number of carboxylic acids is 1. The first kappa shape index (κ1) is 16.8. The van der Waals surface area contributed by atoms with Crippen molar-refractivity contribution in [2.75, 3.05) is 0 Å². The summed E-state index contributed by atoms with van der Waals surface area (Å²) in [5, 5.41) is 19.1. The fourth-order valence-corrected chi connectivity index (χ4v) is 1.17. The molecule has 0 aliphatic carbocycles. The molecule has 0 spiro atoms. The van der Waals surface area contributed by atoms with Crippen molar-refractivity contribution in [1.29, 1.82) is 0 Å². The van der Waals surface area contributed by atoms with E-state index in [1.165, 1.54) is 5.48 Å². The summed E-state index contributed by atoms with van der Waals surface area (Å²) in [6.45, 7) is 0. The van der Waals surface area contributed by atoms with Crippen LogP contribution in [0.1, 0.15) is 19.3 Å². The molecule has 0 aliphatic heterocycles. The summed E-state index contributed by atoms with van der Waals surface area (Å²) in [5.74, 6) is -3.80. The Morgan fingerprint density at radius 1 is 1.21 bits per heavy atom. The SMILES string of the molecule is NC(=O)CC[C@H](NC(=O)CC(N)C(=O)O)C(=O)NO. The number of nitrogens with two attached hydrogens (primary N) is 2. The van der Waals surface area contributed by atoms with Gasteiger partial charge in [-0.3, -0.25) is 24.4 Å². The van der Waals surface area contributed by atoms with Crippen LogP contribution < -0.4 is 22.3 Å². The Kier molecular flexibility index (Phi) is 7.07. The minimum Gasteiger partial charge on any atom is -0.480 e. The Balaban J connectivity index is 4.46. The van der Waals surface area contributed by atoms with Crippen LogP contribution in [0.3, 0.4) is 0 Å². The number of primary amides is 1. The van der Waals surface area contributed by atoms with Gasteiger partial charge in [-0.2, -0.15) is 0 Å². The standard InChI is InChI=1S/C9H16N4O6/c10-4(9(17)18)3-7(15)12-5(8(16)13-19)1-2-6(11)14/h4-5,19H,1-3,10H2,(H2,11,14)(H,12,15)(H,13,16)(H,17,18)/t4?,5-/m0/s1. The molecule has 0 aliphatic rings. The second kappa shape index (κ2) is 8.00. The molecule has 19 heavy (non-hydrogen) atoms. The second-order valence-corrected chi connectivity index (χ2v) is 3.75. The van der Waals surface area contributed by atoms with Gasteiger partial charge in [-0.1, -0.05) is 0 Å². The van der Waals surface area contributed by atoms with Crippen LogP contribution in [0.5, 0.6) is 0 Å². The molecule has 8 N–H and O–H groups in total. The van der Waals surface area contributed by atoms with Crippen LogP contribution in [-0.2, 0) is 19.2 Å². The molecule has 2 atom stereocenters. The zero-order valence-corrected chi connectivity index (χ0v) is 9.96. The van der Waals surface area contributed by atoms with Gasteiger partial charge in [0.25, 0.3) is 5.91 Å². The minimum atomic E-state index is -1.41. The first-order valence-electron chi connectivity index (χ1n) is 5.28. The van der Waals surface area contributed by atoms with Crippen molar-refractivity contribution in [3.8, 4) is 0 Å². The summed E-state index contributed by atoms with van der Waals surface area (Å²) >= 11 is 0. The summed E-state index contributed by atoms with van der Waals surface area (Å²) in [6, 6.07) is -2.61. The van der Waals surface area contributed by atoms with Gasteiger partial charge >= 0.3 is 5.97 Å². The average Bonchev–Trinajstić information content (AvgIpc) is 2.32. The van der Waals surface area contributed by atoms with Crippen LogP contribution in [0.2, 0.25) is 0 Å². The number of carbonyl (C=O) groups is 4. The van der Waals surface area contributed by atoms with Gasteiger partial charge in [0, 0.05) is 6.42 Å². The van der Waals surface area contributed by atoms with E-state index >= 15 is 0 Å². The number of aliphatic carboxylic acids is 1. The first-order valence-corrected chi connectivity index (χ1v) is 5.28. The molecule has 108 valence electrons. The van der Waals surface area contributed by atoms with E-state index in [0.717, 1.165) is 0 Å². The highest BCUT2D eigenvalue weighted by Crippen LogP contribution is 1.99. The molecule has 0 saturated carbocycles. The minimum absolute atomic E-state index is 0.129. The molecular weight excluding hydrogens is 260 g/mol. The van der Waals surface area contributed by atoms with Gasteiger partial charge in [-0.05, 0) is 6.42 Å². The highest BCUT2D eigenvalue weighted by Gasteiger charge is 2.23. The lowest BCUT2D eigenvalue weighted by Gasteiger charge is -2.16. The third-order valence-corrected chi connectivity index (χ3v) is 2.16.